The van der Waals surface area contributed by atoms with Crippen molar-refractivity contribution in [2.75, 3.05) is 0 Å². The molecule has 3 heteroatoms. The van der Waals surface area contributed by atoms with E-state index in [-0.39, 0.29) is 0 Å². The SMILES string of the molecule is OC(c1cccc(-c2cc3ccccc3[nH]2)c1)c1cc2ccccc2[nH]1. The van der Waals surface area contributed by atoms with Crippen LogP contribution in [0.3, 0.4) is 0 Å². The van der Waals surface area contributed by atoms with E-state index in [4.69, 9.17) is 0 Å². The Kier molecular flexibility index (Phi) is 3.40. The van der Waals surface area contributed by atoms with Crippen molar-refractivity contribution in [3.8, 4) is 11.3 Å². The molecule has 1 unspecified atom stereocenters. The van der Waals surface area contributed by atoms with Crippen LogP contribution in [0.15, 0.2) is 84.9 Å². The van der Waals surface area contributed by atoms with Gasteiger partial charge in [0.05, 0.1) is 0 Å². The Labute approximate surface area is 150 Å². The summed E-state index contributed by atoms with van der Waals surface area (Å²) in [5.74, 6) is 0. The van der Waals surface area contributed by atoms with E-state index in [9.17, 15) is 5.11 Å². The zero-order valence-electron chi connectivity index (χ0n) is 14.1. The Bertz CT molecular complexity index is 1150. The first-order valence-corrected chi connectivity index (χ1v) is 8.72. The third-order valence-corrected chi connectivity index (χ3v) is 4.89. The largest absolute Gasteiger partial charge is 0.382 e. The number of H-pyrrole nitrogens is 2. The number of hydrogen-bond donors (Lipinski definition) is 3. The van der Waals surface area contributed by atoms with Gasteiger partial charge in [-0.2, -0.15) is 0 Å². The minimum Gasteiger partial charge on any atom is -0.382 e. The highest BCUT2D eigenvalue weighted by Crippen LogP contribution is 2.29. The number of benzene rings is 3. The van der Waals surface area contributed by atoms with Crippen LogP contribution in [0, 0.1) is 0 Å². The summed E-state index contributed by atoms with van der Waals surface area (Å²) in [5.41, 5.74) is 5.94. The van der Waals surface area contributed by atoms with E-state index in [0.29, 0.717) is 0 Å². The van der Waals surface area contributed by atoms with Crippen LogP contribution < -0.4 is 0 Å². The molecule has 126 valence electrons. The molecule has 0 fully saturated rings. The van der Waals surface area contributed by atoms with Crippen molar-refractivity contribution in [3.05, 3.63) is 96.2 Å². The van der Waals surface area contributed by atoms with Gasteiger partial charge in [-0.15, -0.1) is 0 Å². The number of aliphatic hydroxyl groups excluding tert-OH is 1. The average Bonchev–Trinajstić information content (AvgIpc) is 3.31. The van der Waals surface area contributed by atoms with E-state index < -0.39 is 6.10 Å². The van der Waals surface area contributed by atoms with Gasteiger partial charge in [0.25, 0.3) is 0 Å². The number of para-hydroxylation sites is 2. The molecule has 0 radical (unpaired) electrons. The van der Waals surface area contributed by atoms with Crippen LogP contribution in [0.2, 0.25) is 0 Å². The third-order valence-electron chi connectivity index (χ3n) is 4.89. The minimum absolute atomic E-state index is 0.688. The van der Waals surface area contributed by atoms with Gasteiger partial charge in [0.2, 0.25) is 0 Å². The van der Waals surface area contributed by atoms with E-state index in [2.05, 4.69) is 34.2 Å². The van der Waals surface area contributed by atoms with E-state index in [1.807, 2.05) is 60.7 Å². The monoisotopic (exact) mass is 338 g/mol. The second-order valence-corrected chi connectivity index (χ2v) is 6.61. The summed E-state index contributed by atoms with van der Waals surface area (Å²) in [6.45, 7) is 0. The van der Waals surface area contributed by atoms with Crippen LogP contribution in [-0.4, -0.2) is 15.1 Å². The number of aliphatic hydroxyl groups is 1. The average molecular weight is 338 g/mol. The maximum absolute atomic E-state index is 10.9. The summed E-state index contributed by atoms with van der Waals surface area (Å²) < 4.78 is 0. The van der Waals surface area contributed by atoms with Crippen molar-refractivity contribution < 1.29 is 5.11 Å². The lowest BCUT2D eigenvalue weighted by atomic mass is 10.0. The Balaban J connectivity index is 1.54. The van der Waals surface area contributed by atoms with Crippen molar-refractivity contribution >= 4 is 21.8 Å². The van der Waals surface area contributed by atoms with E-state index >= 15 is 0 Å². The molecule has 0 saturated heterocycles. The van der Waals surface area contributed by atoms with Gasteiger partial charge in [-0.3, -0.25) is 0 Å². The normalized spacial score (nSPS) is 12.7. The molecule has 1 atom stereocenters. The van der Waals surface area contributed by atoms with Crippen molar-refractivity contribution in [3.63, 3.8) is 0 Å². The second kappa shape index (κ2) is 5.90. The summed E-state index contributed by atoms with van der Waals surface area (Å²) >= 11 is 0. The number of rotatable bonds is 3. The molecule has 0 aliphatic rings. The Morgan fingerprint density at radius 2 is 1.35 bits per heavy atom. The third kappa shape index (κ3) is 2.50. The first-order chi connectivity index (χ1) is 12.8. The molecule has 0 saturated carbocycles. The molecular formula is C23H18N2O. The van der Waals surface area contributed by atoms with Gasteiger partial charge >= 0.3 is 0 Å². The zero-order valence-corrected chi connectivity index (χ0v) is 14.1. The molecule has 5 rings (SSSR count). The molecule has 5 aromatic rings. The molecule has 3 nitrogen and oxygen atoms in total. The topological polar surface area (TPSA) is 51.8 Å². The molecule has 26 heavy (non-hydrogen) atoms. The minimum atomic E-state index is -0.688. The molecule has 2 heterocycles. The highest BCUT2D eigenvalue weighted by Gasteiger charge is 2.14. The first-order valence-electron chi connectivity index (χ1n) is 8.72. The Hall–Kier alpha value is -3.30. The van der Waals surface area contributed by atoms with Crippen LogP contribution in [0.25, 0.3) is 33.1 Å². The summed E-state index contributed by atoms with van der Waals surface area (Å²) in [4.78, 5) is 6.77. The molecule has 3 aromatic carbocycles. The fourth-order valence-corrected chi connectivity index (χ4v) is 3.53. The molecule has 0 spiro atoms. The number of fused-ring (bicyclic) bond motifs is 2. The maximum Gasteiger partial charge on any atom is 0.119 e. The predicted molar refractivity (Wildman–Crippen MR) is 106 cm³/mol. The fourth-order valence-electron chi connectivity index (χ4n) is 3.53. The molecule has 0 aliphatic carbocycles. The predicted octanol–water partition coefficient (Wildman–Crippen LogP) is 5.40. The molecule has 0 aliphatic heterocycles. The highest BCUT2D eigenvalue weighted by atomic mass is 16.3. The number of hydrogen-bond acceptors (Lipinski definition) is 1. The van der Waals surface area contributed by atoms with Crippen LogP contribution in [-0.2, 0) is 0 Å². The van der Waals surface area contributed by atoms with Crippen molar-refractivity contribution in [1.82, 2.24) is 9.97 Å². The summed E-state index contributed by atoms with van der Waals surface area (Å²) in [7, 11) is 0. The molecule has 3 N–H and O–H groups in total. The van der Waals surface area contributed by atoms with E-state index in [0.717, 1.165) is 38.9 Å². The Morgan fingerprint density at radius 1 is 0.654 bits per heavy atom. The van der Waals surface area contributed by atoms with Crippen LogP contribution >= 0.6 is 0 Å². The van der Waals surface area contributed by atoms with Crippen molar-refractivity contribution in [2.24, 2.45) is 0 Å². The van der Waals surface area contributed by atoms with Gasteiger partial charge in [0.15, 0.2) is 0 Å². The lowest BCUT2D eigenvalue weighted by molar-refractivity contribution is 0.216. The molecular weight excluding hydrogens is 320 g/mol. The maximum atomic E-state index is 10.9. The molecule has 0 bridgehead atoms. The van der Waals surface area contributed by atoms with Gasteiger partial charge in [0, 0.05) is 27.8 Å². The smallest absolute Gasteiger partial charge is 0.119 e. The summed E-state index contributed by atoms with van der Waals surface area (Å²) in [6.07, 6.45) is -0.688. The standard InChI is InChI=1S/C23H18N2O/c26-23(22-14-17-7-2-4-11-20(17)25-22)18-9-5-8-15(12-18)21-13-16-6-1-3-10-19(16)24-21/h1-14,23-26H. The van der Waals surface area contributed by atoms with Crippen LogP contribution in [0.1, 0.15) is 17.4 Å². The van der Waals surface area contributed by atoms with Gasteiger partial charge in [-0.05, 0) is 46.8 Å². The van der Waals surface area contributed by atoms with Gasteiger partial charge in [0.1, 0.15) is 6.10 Å². The molecule has 0 amide bonds. The van der Waals surface area contributed by atoms with Gasteiger partial charge in [-0.25, -0.2) is 0 Å². The van der Waals surface area contributed by atoms with Gasteiger partial charge < -0.3 is 15.1 Å². The first kappa shape index (κ1) is 15.0. The zero-order chi connectivity index (χ0) is 17.5. The number of aromatic amines is 2. The lowest BCUT2D eigenvalue weighted by Crippen LogP contribution is -2.00. The van der Waals surface area contributed by atoms with Crippen molar-refractivity contribution in [2.45, 2.75) is 6.10 Å². The fraction of sp³-hybridized carbons (Fsp3) is 0.0435. The van der Waals surface area contributed by atoms with Crippen LogP contribution in [0.4, 0.5) is 0 Å². The van der Waals surface area contributed by atoms with Gasteiger partial charge in [-0.1, -0.05) is 54.6 Å². The second-order valence-electron chi connectivity index (χ2n) is 6.61. The van der Waals surface area contributed by atoms with E-state index in [1.54, 1.807) is 0 Å². The number of nitrogens with one attached hydrogen (secondary N) is 2. The highest BCUT2D eigenvalue weighted by molar-refractivity contribution is 5.86. The van der Waals surface area contributed by atoms with E-state index in [1.165, 1.54) is 5.39 Å². The quantitative estimate of drug-likeness (QED) is 0.405. The van der Waals surface area contributed by atoms with Crippen LogP contribution in [0.5, 0.6) is 0 Å². The summed E-state index contributed by atoms with van der Waals surface area (Å²) in [6, 6.07) is 28.5. The van der Waals surface area contributed by atoms with Crippen molar-refractivity contribution in [1.29, 1.82) is 0 Å². The lowest BCUT2D eigenvalue weighted by Gasteiger charge is -2.10. The molecule has 2 aromatic heterocycles. The number of aromatic nitrogens is 2. The Morgan fingerprint density at radius 3 is 2.08 bits per heavy atom. The summed E-state index contributed by atoms with van der Waals surface area (Å²) in [5, 5.41) is 13.2.